The van der Waals surface area contributed by atoms with Gasteiger partial charge in [0.15, 0.2) is 0 Å². The molecule has 0 aliphatic carbocycles. The Morgan fingerprint density at radius 3 is 1.06 bits per heavy atom. The highest BCUT2D eigenvalue weighted by Gasteiger charge is 2.63. The van der Waals surface area contributed by atoms with Crippen molar-refractivity contribution >= 4 is 0 Å². The molecule has 90 valence electrons. The average molecular weight is 224 g/mol. The van der Waals surface area contributed by atoms with Crippen LogP contribution in [0, 0.1) is 0 Å². The SMILES string of the molecule is CN1C2NC3C4NC2N(C)C1C(N3C)N4C. The van der Waals surface area contributed by atoms with E-state index in [0.29, 0.717) is 37.0 Å². The molecule has 2 N–H and O–H groups in total. The summed E-state index contributed by atoms with van der Waals surface area (Å²) in [5.41, 5.74) is 0. The smallest absolute Gasteiger partial charge is 0.0943 e. The Kier molecular flexibility index (Phi) is 1.69. The molecule has 5 fully saturated rings. The highest BCUT2D eigenvalue weighted by Crippen LogP contribution is 2.40. The topological polar surface area (TPSA) is 37.0 Å². The maximum atomic E-state index is 3.76. The van der Waals surface area contributed by atoms with Gasteiger partial charge in [-0.2, -0.15) is 0 Å². The summed E-state index contributed by atoms with van der Waals surface area (Å²) in [6.07, 6.45) is 2.72. The van der Waals surface area contributed by atoms with Crippen LogP contribution < -0.4 is 10.6 Å². The van der Waals surface area contributed by atoms with Crippen molar-refractivity contribution in [2.75, 3.05) is 28.2 Å². The van der Waals surface area contributed by atoms with Gasteiger partial charge in [0.05, 0.1) is 37.0 Å². The Labute approximate surface area is 96.1 Å². The van der Waals surface area contributed by atoms with Crippen molar-refractivity contribution in [3.63, 3.8) is 0 Å². The summed E-state index contributed by atoms with van der Waals surface area (Å²) in [7, 11) is 8.90. The molecule has 6 bridgehead atoms. The Balaban J connectivity index is 1.88. The Morgan fingerprint density at radius 1 is 0.562 bits per heavy atom. The first kappa shape index (κ1) is 9.76. The van der Waals surface area contributed by atoms with Gasteiger partial charge in [-0.15, -0.1) is 0 Å². The summed E-state index contributed by atoms with van der Waals surface area (Å²) in [6, 6.07) is 0. The number of nitrogens with one attached hydrogen (secondary N) is 2. The van der Waals surface area contributed by atoms with Crippen molar-refractivity contribution in [2.24, 2.45) is 0 Å². The standard InChI is InChI=1S/C10H20N6/c1-13-5-6-12-8-7(11-5)15(3)10(16(8)4)9(13)14(6)2/h5-12H,1-4H3. The third-order valence-electron chi connectivity index (χ3n) is 4.97. The van der Waals surface area contributed by atoms with Crippen LogP contribution >= 0.6 is 0 Å². The third-order valence-corrected chi connectivity index (χ3v) is 4.97. The molecule has 5 heterocycles. The van der Waals surface area contributed by atoms with Crippen LogP contribution in [0.1, 0.15) is 0 Å². The molecule has 6 nitrogen and oxygen atoms in total. The minimum atomic E-state index is 0.442. The first-order valence-electron chi connectivity index (χ1n) is 6.01. The summed E-state index contributed by atoms with van der Waals surface area (Å²) in [6.45, 7) is 0. The zero-order valence-electron chi connectivity index (χ0n) is 10.3. The summed E-state index contributed by atoms with van der Waals surface area (Å²) < 4.78 is 0. The van der Waals surface area contributed by atoms with Crippen molar-refractivity contribution < 1.29 is 0 Å². The Bertz CT molecular complexity index is 275. The predicted molar refractivity (Wildman–Crippen MR) is 60.1 cm³/mol. The highest BCUT2D eigenvalue weighted by molar-refractivity contribution is 5.13. The van der Waals surface area contributed by atoms with Gasteiger partial charge in [0, 0.05) is 0 Å². The van der Waals surface area contributed by atoms with E-state index in [2.05, 4.69) is 58.4 Å². The van der Waals surface area contributed by atoms with Gasteiger partial charge < -0.3 is 0 Å². The summed E-state index contributed by atoms with van der Waals surface area (Å²) in [4.78, 5) is 9.85. The summed E-state index contributed by atoms with van der Waals surface area (Å²) in [5.74, 6) is 0. The normalized spacial score (nSPS) is 57.8. The van der Waals surface area contributed by atoms with Gasteiger partial charge in [-0.1, -0.05) is 0 Å². The van der Waals surface area contributed by atoms with Crippen LogP contribution in [0.25, 0.3) is 0 Å². The maximum Gasteiger partial charge on any atom is 0.0943 e. The second kappa shape index (κ2) is 2.77. The van der Waals surface area contributed by atoms with Crippen molar-refractivity contribution in [1.29, 1.82) is 0 Å². The molecule has 0 aromatic carbocycles. The fraction of sp³-hybridized carbons (Fsp3) is 1.00. The molecule has 0 spiro atoms. The average Bonchev–Trinajstić information content (AvgIpc) is 2.57. The molecule has 0 radical (unpaired) electrons. The van der Waals surface area contributed by atoms with E-state index in [1.807, 2.05) is 0 Å². The highest BCUT2D eigenvalue weighted by atomic mass is 15.7. The molecule has 4 unspecified atom stereocenters. The van der Waals surface area contributed by atoms with E-state index in [-0.39, 0.29) is 0 Å². The molecule has 0 aromatic rings. The molecule has 5 rings (SSSR count). The number of likely N-dealkylation sites (N-methyl/N-ethyl adjacent to an activating group) is 4. The summed E-state index contributed by atoms with van der Waals surface area (Å²) >= 11 is 0. The molecule has 6 heteroatoms. The summed E-state index contributed by atoms with van der Waals surface area (Å²) in [5, 5.41) is 7.53. The minimum absolute atomic E-state index is 0.442. The van der Waals surface area contributed by atoms with E-state index in [4.69, 9.17) is 0 Å². The lowest BCUT2D eigenvalue weighted by Gasteiger charge is -2.42. The number of hydrogen-bond acceptors (Lipinski definition) is 6. The molecule has 4 atom stereocenters. The number of rotatable bonds is 0. The van der Waals surface area contributed by atoms with Crippen LogP contribution in [0.3, 0.4) is 0 Å². The van der Waals surface area contributed by atoms with Crippen molar-refractivity contribution in [3.05, 3.63) is 0 Å². The van der Waals surface area contributed by atoms with E-state index in [0.717, 1.165) is 0 Å². The second-order valence-electron chi connectivity index (χ2n) is 5.60. The monoisotopic (exact) mass is 224 g/mol. The first-order chi connectivity index (χ1) is 7.61. The number of nitrogens with zero attached hydrogens (tertiary/aromatic N) is 4. The van der Waals surface area contributed by atoms with Gasteiger partial charge in [0.2, 0.25) is 0 Å². The van der Waals surface area contributed by atoms with Gasteiger partial charge in [-0.05, 0) is 28.2 Å². The lowest BCUT2D eigenvalue weighted by Crippen LogP contribution is -2.71. The lowest BCUT2D eigenvalue weighted by molar-refractivity contribution is 0.0290. The molecular weight excluding hydrogens is 204 g/mol. The van der Waals surface area contributed by atoms with Crippen LogP contribution in [0.2, 0.25) is 0 Å². The van der Waals surface area contributed by atoms with E-state index in [9.17, 15) is 0 Å². The van der Waals surface area contributed by atoms with Crippen LogP contribution in [0.5, 0.6) is 0 Å². The number of piperazine rings is 1. The van der Waals surface area contributed by atoms with Gasteiger partial charge in [0.1, 0.15) is 0 Å². The predicted octanol–water partition coefficient (Wildman–Crippen LogP) is -2.10. The Hall–Kier alpha value is -0.240. The molecule has 5 aliphatic heterocycles. The lowest BCUT2D eigenvalue weighted by atomic mass is 10.2. The third kappa shape index (κ3) is 0.836. The Morgan fingerprint density at radius 2 is 0.812 bits per heavy atom. The van der Waals surface area contributed by atoms with E-state index in [1.54, 1.807) is 0 Å². The largest absolute Gasteiger partial charge is 0.281 e. The fourth-order valence-corrected chi connectivity index (χ4v) is 4.15. The molecule has 0 saturated carbocycles. The fourth-order valence-electron chi connectivity index (χ4n) is 4.15. The van der Waals surface area contributed by atoms with Crippen molar-refractivity contribution in [2.45, 2.75) is 37.0 Å². The van der Waals surface area contributed by atoms with Gasteiger partial charge in [-0.25, -0.2) is 0 Å². The molecule has 0 aromatic heterocycles. The van der Waals surface area contributed by atoms with E-state index >= 15 is 0 Å². The second-order valence-corrected chi connectivity index (χ2v) is 5.60. The van der Waals surface area contributed by atoms with E-state index < -0.39 is 0 Å². The molecule has 0 amide bonds. The van der Waals surface area contributed by atoms with Crippen molar-refractivity contribution in [1.82, 2.24) is 30.2 Å². The van der Waals surface area contributed by atoms with Gasteiger partial charge in [0.25, 0.3) is 0 Å². The number of hydrogen-bond donors (Lipinski definition) is 2. The van der Waals surface area contributed by atoms with Crippen molar-refractivity contribution in [3.8, 4) is 0 Å². The van der Waals surface area contributed by atoms with E-state index in [1.165, 1.54) is 0 Å². The zero-order chi connectivity index (χ0) is 11.2. The van der Waals surface area contributed by atoms with Crippen LogP contribution in [0.4, 0.5) is 0 Å². The molecular formula is C10H20N6. The molecule has 16 heavy (non-hydrogen) atoms. The zero-order valence-corrected chi connectivity index (χ0v) is 10.3. The van der Waals surface area contributed by atoms with Gasteiger partial charge in [-0.3, -0.25) is 30.2 Å². The maximum absolute atomic E-state index is 3.76. The van der Waals surface area contributed by atoms with Gasteiger partial charge >= 0.3 is 0 Å². The van der Waals surface area contributed by atoms with Crippen LogP contribution in [0.15, 0.2) is 0 Å². The minimum Gasteiger partial charge on any atom is -0.281 e. The molecule has 5 saturated heterocycles. The first-order valence-corrected chi connectivity index (χ1v) is 6.01. The quantitative estimate of drug-likeness (QED) is 0.491. The van der Waals surface area contributed by atoms with Crippen LogP contribution in [-0.2, 0) is 0 Å². The molecule has 5 aliphatic rings. The van der Waals surface area contributed by atoms with Crippen LogP contribution in [-0.4, -0.2) is 84.8 Å².